The standard InChI is InChI=1S/C14H19N3S.C6H8O7/c1-16(2)9-10-17(12-13-6-5-11-18-13)14-7-3-4-8-15-14;7-3(8)1-6(13,5(11)12)2-4(9)10/h3-8,11H,9-10,12H2,1-2H3;13H,1-2H2,(H,7,8)(H,9,10)(H,11,12). The van der Waals surface area contributed by atoms with E-state index in [-0.39, 0.29) is 0 Å². The second-order valence-electron chi connectivity index (χ2n) is 6.97. The molecule has 0 bridgehead atoms. The summed E-state index contributed by atoms with van der Waals surface area (Å²) in [5.74, 6) is -3.97. The Hall–Kier alpha value is -3.02. The zero-order valence-corrected chi connectivity index (χ0v) is 18.2. The number of carboxylic acids is 3. The third kappa shape index (κ3) is 10.0. The molecule has 11 heteroatoms. The predicted molar refractivity (Wildman–Crippen MR) is 115 cm³/mol. The average Bonchev–Trinajstić information content (AvgIpc) is 3.18. The van der Waals surface area contributed by atoms with Crippen molar-refractivity contribution in [3.05, 3.63) is 46.8 Å². The first-order valence-electron chi connectivity index (χ1n) is 9.26. The number of likely N-dealkylation sites (N-methyl/N-ethyl adjacent to an activating group) is 1. The van der Waals surface area contributed by atoms with Crippen molar-refractivity contribution in [2.24, 2.45) is 0 Å². The van der Waals surface area contributed by atoms with Crippen LogP contribution in [0, 0.1) is 0 Å². The maximum absolute atomic E-state index is 10.3. The second-order valence-corrected chi connectivity index (χ2v) is 8.00. The number of hydrogen-bond acceptors (Lipinski definition) is 8. The van der Waals surface area contributed by atoms with Gasteiger partial charge >= 0.3 is 17.9 Å². The first-order chi connectivity index (χ1) is 14.5. The molecule has 0 unspecified atom stereocenters. The van der Waals surface area contributed by atoms with Gasteiger partial charge in [-0.3, -0.25) is 9.59 Å². The van der Waals surface area contributed by atoms with Crippen molar-refractivity contribution in [1.29, 1.82) is 0 Å². The summed E-state index contributed by atoms with van der Waals surface area (Å²) in [6.45, 7) is 2.95. The van der Waals surface area contributed by atoms with Crippen molar-refractivity contribution < 1.29 is 34.8 Å². The smallest absolute Gasteiger partial charge is 0.336 e. The highest BCUT2D eigenvalue weighted by atomic mass is 32.1. The Morgan fingerprint density at radius 2 is 1.65 bits per heavy atom. The largest absolute Gasteiger partial charge is 0.481 e. The SMILES string of the molecule is CN(C)CCN(Cc1cccs1)c1ccccn1.O=C(O)CC(O)(CC(=O)O)C(=O)O. The van der Waals surface area contributed by atoms with Crippen LogP contribution < -0.4 is 4.90 Å². The van der Waals surface area contributed by atoms with Crippen LogP contribution in [0.15, 0.2) is 41.9 Å². The molecule has 0 spiro atoms. The van der Waals surface area contributed by atoms with Crippen LogP contribution in [0.25, 0.3) is 0 Å². The van der Waals surface area contributed by atoms with Crippen LogP contribution in [0.5, 0.6) is 0 Å². The highest BCUT2D eigenvalue weighted by molar-refractivity contribution is 7.09. The van der Waals surface area contributed by atoms with Gasteiger partial charge in [-0.2, -0.15) is 0 Å². The number of anilines is 1. The van der Waals surface area contributed by atoms with E-state index < -0.39 is 36.4 Å². The minimum absolute atomic E-state index is 0.933. The molecular weight excluding hydrogens is 426 g/mol. The Labute approximate surface area is 184 Å². The lowest BCUT2D eigenvalue weighted by Gasteiger charge is -2.24. The van der Waals surface area contributed by atoms with Gasteiger partial charge in [-0.25, -0.2) is 9.78 Å². The maximum Gasteiger partial charge on any atom is 0.336 e. The van der Waals surface area contributed by atoms with Crippen LogP contribution >= 0.6 is 11.3 Å². The highest BCUT2D eigenvalue weighted by Gasteiger charge is 2.40. The molecule has 0 saturated heterocycles. The molecule has 0 aliphatic heterocycles. The molecule has 0 radical (unpaired) electrons. The molecule has 4 N–H and O–H groups in total. The molecule has 10 nitrogen and oxygen atoms in total. The molecular formula is C20H27N3O7S. The summed E-state index contributed by atoms with van der Waals surface area (Å²) in [5, 5.41) is 35.9. The molecule has 2 aromatic rings. The quantitative estimate of drug-likeness (QED) is 0.393. The van der Waals surface area contributed by atoms with Crippen molar-refractivity contribution in [2.45, 2.75) is 25.0 Å². The lowest BCUT2D eigenvalue weighted by atomic mass is 9.96. The lowest BCUT2D eigenvalue weighted by molar-refractivity contribution is -0.170. The predicted octanol–water partition coefficient (Wildman–Crippen LogP) is 1.46. The number of carboxylic acid groups (broad SMARTS) is 3. The fourth-order valence-electron chi connectivity index (χ4n) is 2.44. The number of aromatic nitrogens is 1. The summed E-state index contributed by atoms with van der Waals surface area (Å²) < 4.78 is 0. The first kappa shape index (κ1) is 26.0. The van der Waals surface area contributed by atoms with Crippen LogP contribution in [0.1, 0.15) is 17.7 Å². The average molecular weight is 454 g/mol. The van der Waals surface area contributed by atoms with Gasteiger partial charge in [-0.15, -0.1) is 11.3 Å². The Morgan fingerprint density at radius 1 is 1.00 bits per heavy atom. The van der Waals surface area contributed by atoms with Crippen molar-refractivity contribution in [1.82, 2.24) is 9.88 Å². The minimum Gasteiger partial charge on any atom is -0.481 e. The normalized spacial score (nSPS) is 10.8. The number of rotatable bonds is 11. The van der Waals surface area contributed by atoms with Gasteiger partial charge in [-0.1, -0.05) is 12.1 Å². The van der Waals surface area contributed by atoms with Crippen molar-refractivity contribution >= 4 is 35.1 Å². The molecule has 2 heterocycles. The molecule has 0 aliphatic carbocycles. The molecule has 0 atom stereocenters. The van der Waals surface area contributed by atoms with Crippen LogP contribution in [0.4, 0.5) is 5.82 Å². The summed E-state index contributed by atoms with van der Waals surface area (Å²) in [6, 6.07) is 10.3. The van der Waals surface area contributed by atoms with Crippen molar-refractivity contribution in [3.63, 3.8) is 0 Å². The highest BCUT2D eigenvalue weighted by Crippen LogP contribution is 2.17. The number of nitrogens with zero attached hydrogens (tertiary/aromatic N) is 3. The molecule has 31 heavy (non-hydrogen) atoms. The Morgan fingerprint density at radius 3 is 2.06 bits per heavy atom. The van der Waals surface area contributed by atoms with Gasteiger partial charge in [0.2, 0.25) is 0 Å². The zero-order valence-electron chi connectivity index (χ0n) is 17.3. The lowest BCUT2D eigenvalue weighted by Crippen LogP contribution is -2.42. The Kier molecular flexibility index (Phi) is 10.6. The monoisotopic (exact) mass is 453 g/mol. The van der Waals surface area contributed by atoms with Gasteiger partial charge < -0.3 is 30.2 Å². The zero-order chi connectivity index (χ0) is 23.4. The molecule has 0 aromatic carbocycles. The molecule has 2 rings (SSSR count). The van der Waals surface area contributed by atoms with Crippen molar-refractivity contribution in [2.75, 3.05) is 32.1 Å². The van der Waals surface area contributed by atoms with E-state index in [2.05, 4.69) is 52.5 Å². The number of aliphatic carboxylic acids is 3. The molecule has 170 valence electrons. The number of pyridine rings is 1. The summed E-state index contributed by atoms with van der Waals surface area (Å²) in [6.07, 6.45) is -0.435. The number of carbonyl (C=O) groups is 3. The van der Waals surface area contributed by atoms with E-state index in [1.165, 1.54) is 4.88 Å². The fourth-order valence-corrected chi connectivity index (χ4v) is 3.16. The first-order valence-corrected chi connectivity index (χ1v) is 10.1. The Balaban J connectivity index is 0.000000330. The number of hydrogen-bond donors (Lipinski definition) is 4. The third-order valence-corrected chi connectivity index (χ3v) is 4.86. The van der Waals surface area contributed by atoms with Gasteiger partial charge in [-0.05, 0) is 37.7 Å². The topological polar surface area (TPSA) is 152 Å². The van der Waals surface area contributed by atoms with E-state index in [0.717, 1.165) is 25.5 Å². The van der Waals surface area contributed by atoms with Gasteiger partial charge in [0.05, 0.1) is 19.4 Å². The van der Waals surface area contributed by atoms with Crippen LogP contribution in [-0.4, -0.2) is 81.0 Å². The van der Waals surface area contributed by atoms with Gasteiger partial charge in [0.15, 0.2) is 5.60 Å². The van der Waals surface area contributed by atoms with Gasteiger partial charge in [0, 0.05) is 24.2 Å². The third-order valence-electron chi connectivity index (χ3n) is 4.00. The maximum atomic E-state index is 10.3. The number of thiophene rings is 1. The molecule has 0 saturated carbocycles. The summed E-state index contributed by atoms with van der Waals surface area (Å²) in [5.41, 5.74) is -2.74. The molecule has 0 aliphatic rings. The van der Waals surface area contributed by atoms with E-state index >= 15 is 0 Å². The molecule has 0 fully saturated rings. The summed E-state index contributed by atoms with van der Waals surface area (Å²) in [4.78, 5) is 40.8. The second kappa shape index (κ2) is 12.6. The van der Waals surface area contributed by atoms with E-state index in [4.69, 9.17) is 20.4 Å². The van der Waals surface area contributed by atoms with Gasteiger partial charge in [0.25, 0.3) is 0 Å². The summed E-state index contributed by atoms with van der Waals surface area (Å²) >= 11 is 1.80. The number of aliphatic hydroxyl groups is 1. The minimum atomic E-state index is -2.74. The van der Waals surface area contributed by atoms with Crippen LogP contribution in [0.3, 0.4) is 0 Å². The van der Waals surface area contributed by atoms with E-state index in [0.29, 0.717) is 0 Å². The van der Waals surface area contributed by atoms with Crippen molar-refractivity contribution in [3.8, 4) is 0 Å². The Bertz CT molecular complexity index is 813. The van der Waals surface area contributed by atoms with E-state index in [1.807, 2.05) is 18.3 Å². The molecule has 0 amide bonds. The van der Waals surface area contributed by atoms with Crippen LogP contribution in [0.2, 0.25) is 0 Å². The summed E-state index contributed by atoms with van der Waals surface area (Å²) in [7, 11) is 4.20. The van der Waals surface area contributed by atoms with Gasteiger partial charge in [0.1, 0.15) is 5.82 Å². The fraction of sp³-hybridized carbons (Fsp3) is 0.400. The van der Waals surface area contributed by atoms with E-state index in [1.54, 1.807) is 11.3 Å². The van der Waals surface area contributed by atoms with Crippen LogP contribution in [-0.2, 0) is 20.9 Å². The van der Waals surface area contributed by atoms with E-state index in [9.17, 15) is 14.4 Å². The molecule has 2 aromatic heterocycles.